The van der Waals surface area contributed by atoms with Crippen molar-refractivity contribution in [1.82, 2.24) is 20.1 Å². The highest BCUT2D eigenvalue weighted by molar-refractivity contribution is 7.20. The Morgan fingerprint density at radius 1 is 1.02 bits per heavy atom. The van der Waals surface area contributed by atoms with Gasteiger partial charge in [0.05, 0.1) is 19.1 Å². The van der Waals surface area contributed by atoms with Crippen molar-refractivity contribution >= 4 is 38.2 Å². The molecule has 0 bridgehead atoms. The zero-order valence-electron chi connectivity index (χ0n) is 28.6. The average molecular weight is 683 g/mol. The molecule has 11 nitrogen and oxygen atoms in total. The van der Waals surface area contributed by atoms with Gasteiger partial charge in [0.15, 0.2) is 12.5 Å². The maximum atomic E-state index is 14.0. The second kappa shape index (κ2) is 13.4. The Balaban J connectivity index is 1.45. The highest BCUT2D eigenvalue weighted by atomic mass is 31.0. The summed E-state index contributed by atoms with van der Waals surface area (Å²) in [6.45, 7) is 10.4. The molecule has 0 saturated carbocycles. The predicted molar refractivity (Wildman–Crippen MR) is 186 cm³/mol. The van der Waals surface area contributed by atoms with Gasteiger partial charge in [-0.05, 0) is 62.7 Å². The van der Waals surface area contributed by atoms with Crippen molar-refractivity contribution in [2.75, 3.05) is 20.4 Å². The smallest absolute Gasteiger partial charge is 0.328 e. The minimum Gasteiger partial charge on any atom is -0.497 e. The first-order chi connectivity index (χ1) is 23.0. The number of ether oxygens (including phenoxy) is 3. The fraction of sp³-hybridized carbons (Fsp3) is 0.351. The molecule has 3 aromatic rings. The van der Waals surface area contributed by atoms with E-state index >= 15 is 0 Å². The predicted octanol–water partition coefficient (Wildman–Crippen LogP) is 5.30. The van der Waals surface area contributed by atoms with Crippen LogP contribution in [0.1, 0.15) is 63.0 Å². The van der Waals surface area contributed by atoms with Crippen molar-refractivity contribution < 1.29 is 33.4 Å². The van der Waals surface area contributed by atoms with E-state index in [0.717, 1.165) is 16.0 Å². The van der Waals surface area contributed by atoms with Crippen LogP contribution in [0.3, 0.4) is 0 Å². The first kappa shape index (κ1) is 35.1. The van der Waals surface area contributed by atoms with E-state index in [1.807, 2.05) is 39.0 Å². The van der Waals surface area contributed by atoms with Gasteiger partial charge in [0.2, 0.25) is 5.54 Å². The normalized spacial score (nSPS) is 17.2. The molecule has 0 spiro atoms. The van der Waals surface area contributed by atoms with Crippen molar-refractivity contribution in [2.24, 2.45) is 10.8 Å². The van der Waals surface area contributed by atoms with Crippen LogP contribution in [0, 0.1) is 22.7 Å². The maximum absolute atomic E-state index is 14.0. The number of amides is 4. The first-order valence-electron chi connectivity index (χ1n) is 15.7. The molecular formula is C37H39N4O7P. The molecule has 1 atom stereocenters. The minimum atomic E-state index is -1.82. The standard InChI is InChI=1S/C37H39N4O7P/c1-35(2,3)32(44)47-22-41-31(43)37(39-34(41)45,21-40-20-25-14-15-26(46-7)19-27(25)30(40)42)17-16-23-10-12-24(13-11-23)29-28(9-8-18-38-29)48-33(49)36(4,5)6/h8-15,18-19,49H,20-22H2,1-7H3,(H,39,45)/t37-/m1/s1. The van der Waals surface area contributed by atoms with Gasteiger partial charge in [-0.2, -0.15) is 0 Å². The summed E-state index contributed by atoms with van der Waals surface area (Å²) in [6, 6.07) is 15.2. The third-order valence-corrected chi connectivity index (χ3v) is 8.83. The molecule has 2 aliphatic rings. The average Bonchev–Trinajstić information content (AvgIpc) is 3.48. The Kier molecular flexibility index (Phi) is 9.58. The number of imide groups is 1. The number of hydrogen-bond acceptors (Lipinski definition) is 8. The molecule has 0 aliphatic carbocycles. The monoisotopic (exact) mass is 682 g/mol. The Bertz CT molecular complexity index is 1900. The van der Waals surface area contributed by atoms with Gasteiger partial charge in [-0.3, -0.25) is 19.4 Å². The number of carbonyl (C=O) groups excluding carboxylic acids is 4. The fourth-order valence-corrected chi connectivity index (χ4v) is 5.15. The van der Waals surface area contributed by atoms with Crippen LogP contribution in [0.2, 0.25) is 0 Å². The number of rotatable bonds is 8. The summed E-state index contributed by atoms with van der Waals surface area (Å²) < 4.78 is 16.7. The number of hydrogen-bond donors (Lipinski definition) is 1. The highest BCUT2D eigenvalue weighted by Gasteiger charge is 2.53. The van der Waals surface area contributed by atoms with Crippen LogP contribution in [0.15, 0.2) is 60.8 Å². The van der Waals surface area contributed by atoms with Gasteiger partial charge in [-0.15, -0.1) is 0 Å². The molecule has 254 valence electrons. The van der Waals surface area contributed by atoms with E-state index in [9.17, 15) is 19.2 Å². The van der Waals surface area contributed by atoms with Crippen LogP contribution in [0.4, 0.5) is 4.79 Å². The second-order valence-electron chi connectivity index (χ2n) is 13.9. The fourth-order valence-electron chi connectivity index (χ4n) is 5.04. The Hall–Kier alpha value is -5.20. The summed E-state index contributed by atoms with van der Waals surface area (Å²) >= 11 is 0. The van der Waals surface area contributed by atoms with E-state index in [4.69, 9.17) is 14.2 Å². The molecule has 12 heteroatoms. The first-order valence-corrected chi connectivity index (χ1v) is 16.2. The number of methoxy groups -OCH3 is 1. The van der Waals surface area contributed by atoms with Gasteiger partial charge in [-0.25, -0.2) is 9.69 Å². The van der Waals surface area contributed by atoms with Crippen LogP contribution in [0.25, 0.3) is 11.3 Å². The lowest BCUT2D eigenvalue weighted by Crippen LogP contribution is -2.54. The van der Waals surface area contributed by atoms with Crippen molar-refractivity contribution in [3.8, 4) is 34.6 Å². The van der Waals surface area contributed by atoms with Gasteiger partial charge in [0, 0.05) is 34.8 Å². The summed E-state index contributed by atoms with van der Waals surface area (Å²) in [5, 5.41) is 2.69. The van der Waals surface area contributed by atoms with Gasteiger partial charge in [0.25, 0.3) is 11.8 Å². The van der Waals surface area contributed by atoms with Crippen LogP contribution in [0.5, 0.6) is 11.5 Å². The number of esters is 1. The molecule has 2 aliphatic heterocycles. The SMILES string of the molecule is COc1ccc2c(c1)C(=O)N(C[C@@]1(C#Cc3ccc(-c4ncccc4OC(=P)C(C)(C)C)cc3)NC(=O)N(COC(=O)C(C)(C)C)C1=O)C2. The molecule has 0 radical (unpaired) electrons. The van der Waals surface area contributed by atoms with E-state index in [0.29, 0.717) is 33.8 Å². The largest absolute Gasteiger partial charge is 0.497 e. The van der Waals surface area contributed by atoms with E-state index < -0.39 is 35.6 Å². The lowest BCUT2D eigenvalue weighted by Gasteiger charge is -2.27. The quantitative estimate of drug-likeness (QED) is 0.147. The number of carbonyl (C=O) groups is 4. The third kappa shape index (κ3) is 7.45. The van der Waals surface area contributed by atoms with Crippen molar-refractivity contribution in [3.63, 3.8) is 0 Å². The van der Waals surface area contributed by atoms with E-state index in [2.05, 4.69) is 31.0 Å². The Labute approximate surface area is 288 Å². The molecule has 3 heterocycles. The summed E-state index contributed by atoms with van der Waals surface area (Å²) in [7, 11) is 5.10. The number of urea groups is 1. The van der Waals surface area contributed by atoms with Crippen molar-refractivity contribution in [3.05, 3.63) is 77.5 Å². The van der Waals surface area contributed by atoms with Gasteiger partial charge in [0.1, 0.15) is 16.9 Å². The Morgan fingerprint density at radius 2 is 1.73 bits per heavy atom. The number of nitrogens with zero attached hydrogens (tertiary/aromatic N) is 3. The molecule has 49 heavy (non-hydrogen) atoms. The lowest BCUT2D eigenvalue weighted by molar-refractivity contribution is -0.158. The van der Waals surface area contributed by atoms with Gasteiger partial charge >= 0.3 is 12.0 Å². The maximum Gasteiger partial charge on any atom is 0.328 e. The van der Waals surface area contributed by atoms with Crippen LogP contribution < -0.4 is 14.8 Å². The van der Waals surface area contributed by atoms with Crippen molar-refractivity contribution in [2.45, 2.75) is 53.6 Å². The summed E-state index contributed by atoms with van der Waals surface area (Å²) in [5.74, 6) is 5.43. The van der Waals surface area contributed by atoms with Crippen LogP contribution >= 0.6 is 8.86 Å². The van der Waals surface area contributed by atoms with E-state index in [-0.39, 0.29) is 24.4 Å². The lowest BCUT2D eigenvalue weighted by atomic mass is 9.97. The Morgan fingerprint density at radius 3 is 2.39 bits per heavy atom. The number of nitrogens with one attached hydrogen (secondary N) is 1. The summed E-state index contributed by atoms with van der Waals surface area (Å²) in [4.78, 5) is 59.9. The zero-order chi connectivity index (χ0) is 35.7. The van der Waals surface area contributed by atoms with Crippen molar-refractivity contribution in [1.29, 1.82) is 0 Å². The number of fused-ring (bicyclic) bond motifs is 1. The van der Waals surface area contributed by atoms with Gasteiger partial charge in [-0.1, -0.05) is 59.7 Å². The zero-order valence-corrected chi connectivity index (χ0v) is 29.6. The molecule has 1 aromatic heterocycles. The molecule has 2 aromatic carbocycles. The topological polar surface area (TPSA) is 127 Å². The molecular weight excluding hydrogens is 643 g/mol. The number of benzene rings is 2. The third-order valence-electron chi connectivity index (χ3n) is 7.98. The molecule has 1 N–H and O–H groups in total. The molecule has 4 amide bonds. The van der Waals surface area contributed by atoms with Gasteiger partial charge < -0.3 is 24.4 Å². The van der Waals surface area contributed by atoms with Crippen LogP contribution in [-0.2, 0) is 20.9 Å². The second-order valence-corrected chi connectivity index (χ2v) is 14.4. The number of aromatic nitrogens is 1. The van der Waals surface area contributed by atoms with E-state index in [1.54, 1.807) is 63.4 Å². The van der Waals surface area contributed by atoms with Crippen LogP contribution in [-0.4, -0.2) is 70.0 Å². The minimum absolute atomic E-state index is 0.204. The molecule has 0 unspecified atom stereocenters. The molecule has 5 rings (SSSR count). The summed E-state index contributed by atoms with van der Waals surface area (Å²) in [6.07, 6.45) is 1.68. The van der Waals surface area contributed by atoms with E-state index in [1.165, 1.54) is 12.0 Å². The molecule has 1 fully saturated rings. The highest BCUT2D eigenvalue weighted by Crippen LogP contribution is 2.32. The molecule has 1 saturated heterocycles. The summed E-state index contributed by atoms with van der Waals surface area (Å²) in [5.41, 5.74) is 0.882. The number of pyridine rings is 1.